The summed E-state index contributed by atoms with van der Waals surface area (Å²) in [6, 6.07) is -0.853. The number of hydrogen-bond acceptors (Lipinski definition) is 3. The minimum Gasteiger partial charge on any atom is -0.368 e. The molecule has 15 heavy (non-hydrogen) atoms. The van der Waals surface area contributed by atoms with Crippen LogP contribution in [0.1, 0.15) is 6.42 Å². The van der Waals surface area contributed by atoms with Crippen LogP contribution in [-0.4, -0.2) is 42.0 Å². The fourth-order valence-corrected chi connectivity index (χ4v) is 2.08. The Morgan fingerprint density at radius 1 is 1.67 bits per heavy atom. The van der Waals surface area contributed by atoms with Crippen LogP contribution in [0.5, 0.6) is 0 Å². The molecular formula is C9H14N4O2. The SMILES string of the molecule is NCCC1=C[C@@H](C(N)=O)N2C[C@H]1NC2=O. The Balaban J connectivity index is 2.27. The molecule has 1 saturated heterocycles. The highest BCUT2D eigenvalue weighted by Crippen LogP contribution is 2.24. The van der Waals surface area contributed by atoms with Crippen molar-refractivity contribution >= 4 is 11.9 Å². The van der Waals surface area contributed by atoms with Crippen molar-refractivity contribution in [2.75, 3.05) is 13.1 Å². The Morgan fingerprint density at radius 3 is 3.00 bits per heavy atom. The topological polar surface area (TPSA) is 101 Å². The molecular weight excluding hydrogens is 196 g/mol. The van der Waals surface area contributed by atoms with E-state index in [0.717, 1.165) is 5.57 Å². The molecule has 0 aromatic rings. The highest BCUT2D eigenvalue weighted by molar-refractivity contribution is 5.90. The molecule has 2 atom stereocenters. The number of nitrogens with one attached hydrogen (secondary N) is 1. The van der Waals surface area contributed by atoms with Gasteiger partial charge in [0, 0.05) is 6.54 Å². The first-order chi connectivity index (χ1) is 7.13. The number of amides is 3. The Labute approximate surface area is 87.3 Å². The number of nitrogens with zero attached hydrogens (tertiary/aromatic N) is 1. The molecule has 0 unspecified atom stereocenters. The molecule has 2 bridgehead atoms. The molecule has 5 N–H and O–H groups in total. The molecule has 0 radical (unpaired) electrons. The lowest BCUT2D eigenvalue weighted by Crippen LogP contribution is -2.46. The summed E-state index contributed by atoms with van der Waals surface area (Å²) in [7, 11) is 0. The monoisotopic (exact) mass is 210 g/mol. The first kappa shape index (κ1) is 9.97. The molecule has 2 aliphatic rings. The van der Waals surface area contributed by atoms with Gasteiger partial charge in [0.2, 0.25) is 5.91 Å². The number of carbonyl (C=O) groups is 2. The summed E-state index contributed by atoms with van der Waals surface area (Å²) in [4.78, 5) is 24.1. The van der Waals surface area contributed by atoms with E-state index in [1.54, 1.807) is 6.08 Å². The largest absolute Gasteiger partial charge is 0.368 e. The van der Waals surface area contributed by atoms with Crippen LogP contribution >= 0.6 is 0 Å². The fourth-order valence-electron chi connectivity index (χ4n) is 2.08. The summed E-state index contributed by atoms with van der Waals surface area (Å²) >= 11 is 0. The van der Waals surface area contributed by atoms with Crippen LogP contribution in [0.25, 0.3) is 0 Å². The third-order valence-corrected chi connectivity index (χ3v) is 2.82. The lowest BCUT2D eigenvalue weighted by atomic mass is 9.97. The number of carbonyl (C=O) groups excluding carboxylic acids is 2. The molecule has 0 aliphatic carbocycles. The van der Waals surface area contributed by atoms with Crippen molar-refractivity contribution in [3.8, 4) is 0 Å². The molecule has 3 amide bonds. The lowest BCUT2D eigenvalue weighted by Gasteiger charge is -2.27. The van der Waals surface area contributed by atoms with Crippen LogP contribution in [0.3, 0.4) is 0 Å². The maximum atomic E-state index is 11.5. The van der Waals surface area contributed by atoms with Gasteiger partial charge >= 0.3 is 6.03 Å². The van der Waals surface area contributed by atoms with Gasteiger partial charge in [-0.05, 0) is 18.5 Å². The van der Waals surface area contributed by atoms with E-state index < -0.39 is 11.9 Å². The van der Waals surface area contributed by atoms with Crippen molar-refractivity contribution < 1.29 is 9.59 Å². The van der Waals surface area contributed by atoms with Crippen LogP contribution in [0, 0.1) is 0 Å². The third kappa shape index (κ3) is 1.56. The molecule has 6 heteroatoms. The number of urea groups is 1. The Bertz CT molecular complexity index is 339. The second kappa shape index (κ2) is 3.54. The zero-order valence-corrected chi connectivity index (χ0v) is 8.27. The summed E-state index contributed by atoms with van der Waals surface area (Å²) in [5.74, 6) is -0.500. The predicted molar refractivity (Wildman–Crippen MR) is 53.8 cm³/mol. The van der Waals surface area contributed by atoms with Gasteiger partial charge < -0.3 is 21.7 Å². The summed E-state index contributed by atoms with van der Waals surface area (Å²) in [5.41, 5.74) is 11.7. The highest BCUT2D eigenvalue weighted by Gasteiger charge is 2.40. The summed E-state index contributed by atoms with van der Waals surface area (Å²) in [6.45, 7) is 1.02. The van der Waals surface area contributed by atoms with Crippen molar-refractivity contribution in [1.29, 1.82) is 0 Å². The standard InChI is InChI=1S/C9H14N4O2/c10-2-1-5-3-7(8(11)14)13-4-6(5)12-9(13)15/h3,6-7H,1-2,4,10H2,(H2,11,14)(H,12,15)/t6-,7+/m1/s1. The number of primary amides is 1. The minimum absolute atomic E-state index is 0.00310. The molecule has 0 saturated carbocycles. The fraction of sp³-hybridized carbons (Fsp3) is 0.556. The van der Waals surface area contributed by atoms with E-state index in [0.29, 0.717) is 19.5 Å². The maximum absolute atomic E-state index is 11.5. The second-order valence-electron chi connectivity index (χ2n) is 3.78. The smallest absolute Gasteiger partial charge is 0.318 e. The van der Waals surface area contributed by atoms with Crippen LogP contribution in [0.15, 0.2) is 11.6 Å². The van der Waals surface area contributed by atoms with Crippen molar-refractivity contribution in [1.82, 2.24) is 10.2 Å². The number of fused-ring (bicyclic) bond motifs is 2. The van der Waals surface area contributed by atoms with Gasteiger partial charge in [0.15, 0.2) is 0 Å². The number of rotatable bonds is 3. The molecule has 2 heterocycles. The average molecular weight is 210 g/mol. The predicted octanol–water partition coefficient (Wildman–Crippen LogP) is -1.48. The van der Waals surface area contributed by atoms with E-state index in [9.17, 15) is 9.59 Å². The van der Waals surface area contributed by atoms with E-state index in [1.165, 1.54) is 4.90 Å². The van der Waals surface area contributed by atoms with Crippen LogP contribution in [-0.2, 0) is 4.79 Å². The van der Waals surface area contributed by atoms with Gasteiger partial charge in [0.25, 0.3) is 0 Å². The molecule has 0 spiro atoms. The summed E-state index contributed by atoms with van der Waals surface area (Å²) < 4.78 is 0. The van der Waals surface area contributed by atoms with E-state index in [2.05, 4.69) is 5.32 Å². The van der Waals surface area contributed by atoms with Crippen molar-refractivity contribution in [3.63, 3.8) is 0 Å². The first-order valence-corrected chi connectivity index (χ1v) is 4.90. The summed E-state index contributed by atoms with van der Waals surface area (Å²) in [6.07, 6.45) is 2.43. The first-order valence-electron chi connectivity index (χ1n) is 4.90. The molecule has 82 valence electrons. The number of hydrogen-bond donors (Lipinski definition) is 3. The average Bonchev–Trinajstić information content (AvgIpc) is 2.49. The summed E-state index contributed by atoms with van der Waals surface area (Å²) in [5, 5.41) is 2.79. The van der Waals surface area contributed by atoms with Crippen LogP contribution in [0.4, 0.5) is 4.79 Å². The Hall–Kier alpha value is -1.56. The normalized spacial score (nSPS) is 28.7. The third-order valence-electron chi connectivity index (χ3n) is 2.82. The quantitative estimate of drug-likeness (QED) is 0.495. The molecule has 6 nitrogen and oxygen atoms in total. The van der Waals surface area contributed by atoms with E-state index >= 15 is 0 Å². The molecule has 2 rings (SSSR count). The van der Waals surface area contributed by atoms with Crippen molar-refractivity contribution in [2.45, 2.75) is 18.5 Å². The Morgan fingerprint density at radius 2 is 2.40 bits per heavy atom. The van der Waals surface area contributed by atoms with Crippen LogP contribution < -0.4 is 16.8 Å². The van der Waals surface area contributed by atoms with Gasteiger partial charge in [-0.1, -0.05) is 6.08 Å². The van der Waals surface area contributed by atoms with E-state index in [-0.39, 0.29) is 12.1 Å². The Kier molecular flexibility index (Phi) is 2.36. The van der Waals surface area contributed by atoms with Gasteiger partial charge in [0.05, 0.1) is 6.04 Å². The van der Waals surface area contributed by atoms with Gasteiger partial charge in [-0.25, -0.2) is 4.79 Å². The van der Waals surface area contributed by atoms with Gasteiger partial charge in [-0.3, -0.25) is 4.79 Å². The number of nitrogens with two attached hydrogens (primary N) is 2. The zero-order valence-electron chi connectivity index (χ0n) is 8.27. The van der Waals surface area contributed by atoms with Gasteiger partial charge in [-0.2, -0.15) is 0 Å². The van der Waals surface area contributed by atoms with Crippen LogP contribution in [0.2, 0.25) is 0 Å². The van der Waals surface area contributed by atoms with E-state index in [4.69, 9.17) is 11.5 Å². The molecule has 1 fully saturated rings. The molecule has 0 aromatic heterocycles. The second-order valence-corrected chi connectivity index (χ2v) is 3.78. The van der Waals surface area contributed by atoms with Crippen molar-refractivity contribution in [2.24, 2.45) is 11.5 Å². The zero-order chi connectivity index (χ0) is 11.0. The lowest BCUT2D eigenvalue weighted by molar-refractivity contribution is -0.120. The molecule has 2 aliphatic heterocycles. The maximum Gasteiger partial charge on any atom is 0.318 e. The van der Waals surface area contributed by atoms with Crippen molar-refractivity contribution in [3.05, 3.63) is 11.6 Å². The van der Waals surface area contributed by atoms with Gasteiger partial charge in [-0.15, -0.1) is 0 Å². The highest BCUT2D eigenvalue weighted by atomic mass is 16.2. The van der Waals surface area contributed by atoms with E-state index in [1.807, 2.05) is 0 Å². The molecule has 0 aromatic carbocycles. The minimum atomic E-state index is -0.620. The van der Waals surface area contributed by atoms with Gasteiger partial charge in [0.1, 0.15) is 6.04 Å².